The molecule has 120 heavy (non-hydrogen) atoms. The third-order valence-electron chi connectivity index (χ3n) is 23.4. The molecule has 0 aliphatic carbocycles. The second-order valence-electron chi connectivity index (χ2n) is 30.2. The van der Waals surface area contributed by atoms with Gasteiger partial charge >= 0.3 is 0 Å². The highest BCUT2D eigenvalue weighted by molar-refractivity contribution is 6.32. The molecule has 0 aliphatic rings. The zero-order chi connectivity index (χ0) is 79.1. The first-order valence-corrected chi connectivity index (χ1v) is 40.6. The molecule has 25 rings (SSSR count). The molecule has 0 bridgehead atoms. The van der Waals surface area contributed by atoms with Crippen molar-refractivity contribution in [1.29, 1.82) is 0 Å². The summed E-state index contributed by atoms with van der Waals surface area (Å²) in [4.78, 5) is 25.6. The molecule has 562 valence electrons. The van der Waals surface area contributed by atoms with Crippen LogP contribution in [0.4, 0.5) is 0 Å². The largest absolute Gasteiger partial charge is 0.309 e. The van der Waals surface area contributed by atoms with Crippen LogP contribution in [0, 0.1) is 0 Å². The van der Waals surface area contributed by atoms with Crippen LogP contribution in [0.25, 0.3) is 211 Å². The lowest BCUT2D eigenvalue weighted by atomic mass is 10.1. The lowest BCUT2D eigenvalue weighted by Crippen LogP contribution is -2.06. The van der Waals surface area contributed by atoms with Gasteiger partial charge < -0.3 is 18.3 Å². The summed E-state index contributed by atoms with van der Waals surface area (Å²) < 4.78 is 13.9. The number of hydrogen-bond donors (Lipinski definition) is 0. The Kier molecular flexibility index (Phi) is 16.6. The molecule has 0 amide bonds. The first-order chi connectivity index (χ1) is 59.6. The van der Waals surface area contributed by atoms with E-state index >= 15 is 0 Å². The molecule has 25 aromatic rings. The van der Waals surface area contributed by atoms with Crippen LogP contribution in [0.2, 0.25) is 0 Å². The standard InChI is InChI=1S/C40H26N4.C39H25N5.C30H20N2/c1-4-14-27(15-5-1)32-26-33(28-16-6-2-7-17-28)42-40(41-32)44-35-23-13-11-21-31(35)39-37(44)25-24-36-38(39)30-20-10-12-22-34(30)43(36)29-18-8-3-9-19-29;1-4-14-26(15-5-1)37-40-38(27-16-6-2-7-17-27)42-39(41-37)44-32-23-13-11-21-30(32)36-34(44)25-24-33-35(36)29-20-10-12-22-31(29)43(33)28-18-8-3-9-19-28;1-3-11-21(12-4-1)31-25-17-9-7-15-23(25)29-27(31)19-20-28-30(29)24-16-8-10-18-26(24)32(28)22-13-5-2-6-14-22/h1-26H;1-25H;1-20H. The summed E-state index contributed by atoms with van der Waals surface area (Å²) in [5.74, 6) is 2.53. The number of aromatic nitrogens is 11. The number of para-hydroxylation sites is 10. The number of fused-ring (bicyclic) bond motifs is 21. The minimum Gasteiger partial charge on any atom is -0.309 e. The lowest BCUT2D eigenvalue weighted by Gasteiger charge is -2.12. The minimum absolute atomic E-state index is 0.593. The van der Waals surface area contributed by atoms with Gasteiger partial charge in [-0.15, -0.1) is 0 Å². The predicted molar refractivity (Wildman–Crippen MR) is 496 cm³/mol. The van der Waals surface area contributed by atoms with Gasteiger partial charge in [-0.2, -0.15) is 9.97 Å². The van der Waals surface area contributed by atoms with Gasteiger partial charge in [-0.3, -0.25) is 9.13 Å². The fraction of sp³-hybridized carbons (Fsp3) is 0. The van der Waals surface area contributed by atoms with Gasteiger partial charge in [0.2, 0.25) is 11.9 Å². The second-order valence-corrected chi connectivity index (χ2v) is 30.2. The maximum absolute atomic E-state index is 5.21. The molecule has 0 atom stereocenters. The fourth-order valence-electron chi connectivity index (χ4n) is 18.4. The van der Waals surface area contributed by atoms with E-state index in [0.717, 1.165) is 72.5 Å². The SMILES string of the molecule is c1ccc(-c2cc(-c3ccccc3)nc(-n3c4ccccc4c4c5c6ccccc6n(-c6ccccc6)c5ccc43)n2)cc1.c1ccc(-c2nc(-c3ccccc3)nc(-n3c4ccccc4c4c5c6ccccc6n(-c6ccccc6)c5ccc43)n2)cc1.c1ccc(-n2c3ccccc3c3c4c5ccccc5n(-c5ccccc5)c4ccc32)cc1. The van der Waals surface area contributed by atoms with Gasteiger partial charge in [0.15, 0.2) is 11.6 Å². The van der Waals surface area contributed by atoms with Crippen LogP contribution in [0.5, 0.6) is 0 Å². The molecule has 0 unspecified atom stereocenters. The van der Waals surface area contributed by atoms with Crippen molar-refractivity contribution in [2.75, 3.05) is 0 Å². The monoisotopic (exact) mass is 1530 g/mol. The van der Waals surface area contributed by atoms with E-state index in [2.05, 4.69) is 385 Å². The number of hydrogen-bond acceptors (Lipinski definition) is 5. The molecule has 0 N–H and O–H groups in total. The Hall–Kier alpha value is -16.4. The molecule has 11 nitrogen and oxygen atoms in total. The lowest BCUT2D eigenvalue weighted by molar-refractivity contribution is 0.953. The maximum Gasteiger partial charge on any atom is 0.238 e. The van der Waals surface area contributed by atoms with Crippen molar-refractivity contribution in [3.05, 3.63) is 431 Å². The Morgan fingerprint density at radius 1 is 0.142 bits per heavy atom. The van der Waals surface area contributed by atoms with Crippen molar-refractivity contribution in [2.24, 2.45) is 0 Å². The van der Waals surface area contributed by atoms with Crippen molar-refractivity contribution in [2.45, 2.75) is 0 Å². The third-order valence-corrected chi connectivity index (χ3v) is 23.4. The predicted octanol–water partition coefficient (Wildman–Crippen LogP) is 27.3. The fourth-order valence-corrected chi connectivity index (χ4v) is 18.4. The van der Waals surface area contributed by atoms with E-state index in [1.54, 1.807) is 0 Å². The molecular formula is C109H71N11. The highest BCUT2D eigenvalue weighted by Crippen LogP contribution is 2.47. The van der Waals surface area contributed by atoms with E-state index in [0.29, 0.717) is 23.5 Å². The van der Waals surface area contributed by atoms with Crippen molar-refractivity contribution in [3.8, 4) is 79.9 Å². The first kappa shape index (κ1) is 69.2. The van der Waals surface area contributed by atoms with Crippen molar-refractivity contribution < 1.29 is 0 Å². The maximum atomic E-state index is 5.21. The zero-order valence-electron chi connectivity index (χ0n) is 64.9. The molecule has 0 spiro atoms. The summed E-state index contributed by atoms with van der Waals surface area (Å²) in [5.41, 5.74) is 24.4. The second kappa shape index (κ2) is 28.9. The van der Waals surface area contributed by atoms with Crippen LogP contribution >= 0.6 is 0 Å². The van der Waals surface area contributed by atoms with E-state index in [1.807, 2.05) is 72.8 Å². The van der Waals surface area contributed by atoms with Crippen LogP contribution < -0.4 is 0 Å². The van der Waals surface area contributed by atoms with Gasteiger partial charge in [-0.05, 0) is 127 Å². The average Bonchev–Trinajstić information content (AvgIpc) is 1.56. The summed E-state index contributed by atoms with van der Waals surface area (Å²) in [5, 5.41) is 14.8. The topological polar surface area (TPSA) is 94.0 Å². The molecule has 8 heterocycles. The minimum atomic E-state index is 0.593. The van der Waals surface area contributed by atoms with Gasteiger partial charge in [-0.25, -0.2) is 15.0 Å². The Morgan fingerprint density at radius 2 is 0.333 bits per heavy atom. The molecule has 11 heteroatoms. The van der Waals surface area contributed by atoms with E-state index in [9.17, 15) is 0 Å². The highest BCUT2D eigenvalue weighted by Gasteiger charge is 2.27. The highest BCUT2D eigenvalue weighted by atomic mass is 15.2. The molecule has 0 aliphatic heterocycles. The molecule has 0 saturated carbocycles. The first-order valence-electron chi connectivity index (χ1n) is 40.6. The van der Waals surface area contributed by atoms with Crippen LogP contribution in [-0.2, 0) is 0 Å². The van der Waals surface area contributed by atoms with Gasteiger partial charge in [-0.1, -0.05) is 303 Å². The van der Waals surface area contributed by atoms with Gasteiger partial charge in [0.1, 0.15) is 0 Å². The van der Waals surface area contributed by atoms with Crippen molar-refractivity contribution in [1.82, 2.24) is 52.3 Å². The number of rotatable bonds is 10. The smallest absolute Gasteiger partial charge is 0.238 e. The zero-order valence-corrected chi connectivity index (χ0v) is 64.9. The van der Waals surface area contributed by atoms with Gasteiger partial charge in [0.25, 0.3) is 0 Å². The third kappa shape index (κ3) is 11.4. The molecule has 0 saturated heterocycles. The van der Waals surface area contributed by atoms with E-state index in [4.69, 9.17) is 24.9 Å². The Morgan fingerprint density at radius 3 is 0.583 bits per heavy atom. The molecule has 17 aromatic carbocycles. The number of benzene rings is 17. The number of nitrogens with zero attached hydrogens (tertiary/aromatic N) is 11. The van der Waals surface area contributed by atoms with Gasteiger partial charge in [0, 0.05) is 110 Å². The summed E-state index contributed by atoms with van der Waals surface area (Å²) in [6, 6.07) is 151. The summed E-state index contributed by atoms with van der Waals surface area (Å²) in [6.45, 7) is 0. The van der Waals surface area contributed by atoms with Crippen LogP contribution in [-0.4, -0.2) is 52.3 Å². The van der Waals surface area contributed by atoms with Crippen molar-refractivity contribution in [3.63, 3.8) is 0 Å². The van der Waals surface area contributed by atoms with Crippen molar-refractivity contribution >= 4 is 131 Å². The molecular weight excluding hydrogens is 1460 g/mol. The van der Waals surface area contributed by atoms with E-state index < -0.39 is 0 Å². The Labute approximate surface area is 689 Å². The Balaban J connectivity index is 0.000000107. The molecule has 0 fully saturated rings. The van der Waals surface area contributed by atoms with E-state index in [-0.39, 0.29) is 0 Å². The van der Waals surface area contributed by atoms with E-state index in [1.165, 1.54) is 115 Å². The van der Waals surface area contributed by atoms with Crippen LogP contribution in [0.3, 0.4) is 0 Å². The average molecular weight is 1530 g/mol. The summed E-state index contributed by atoms with van der Waals surface area (Å²) in [7, 11) is 0. The summed E-state index contributed by atoms with van der Waals surface area (Å²) in [6.07, 6.45) is 0. The quantitative estimate of drug-likeness (QED) is 0.136. The normalized spacial score (nSPS) is 11.7. The van der Waals surface area contributed by atoms with Crippen LogP contribution in [0.1, 0.15) is 0 Å². The summed E-state index contributed by atoms with van der Waals surface area (Å²) >= 11 is 0. The Bertz CT molecular complexity index is 7640. The van der Waals surface area contributed by atoms with Gasteiger partial charge in [0.05, 0.1) is 77.6 Å². The van der Waals surface area contributed by atoms with Crippen LogP contribution in [0.15, 0.2) is 431 Å². The molecule has 0 radical (unpaired) electrons. The molecule has 8 aromatic heterocycles.